The number of hydrogen-bond donors (Lipinski definition) is 1. The average Bonchev–Trinajstić information content (AvgIpc) is 2.27. The number of ether oxygens (including phenoxy) is 1. The van der Waals surface area contributed by atoms with Crippen LogP contribution in [0.25, 0.3) is 0 Å². The lowest BCUT2D eigenvalue weighted by molar-refractivity contribution is 0.313. The Kier molecular flexibility index (Phi) is 5.29. The van der Waals surface area contributed by atoms with E-state index in [9.17, 15) is 0 Å². The van der Waals surface area contributed by atoms with Gasteiger partial charge in [0.05, 0.1) is 7.11 Å². The van der Waals surface area contributed by atoms with Crippen molar-refractivity contribution in [2.45, 2.75) is 33.1 Å². The second kappa shape index (κ2) is 6.27. The molecule has 2 nitrogen and oxygen atoms in total. The van der Waals surface area contributed by atoms with Gasteiger partial charge in [-0.1, -0.05) is 31.5 Å². The molecule has 1 rings (SSSR count). The van der Waals surface area contributed by atoms with Crippen molar-refractivity contribution in [3.63, 3.8) is 0 Å². The number of hydrogen-bond acceptors (Lipinski definition) is 2. The summed E-state index contributed by atoms with van der Waals surface area (Å²) in [7, 11) is 1.65. The number of rotatable bonds is 6. The van der Waals surface area contributed by atoms with E-state index in [-0.39, 0.29) is 5.41 Å². The van der Waals surface area contributed by atoms with Crippen LogP contribution >= 0.6 is 11.6 Å². The summed E-state index contributed by atoms with van der Waals surface area (Å²) in [5, 5.41) is 0.785. The molecule has 3 heteroatoms. The van der Waals surface area contributed by atoms with Crippen molar-refractivity contribution in [1.82, 2.24) is 0 Å². The fourth-order valence-corrected chi connectivity index (χ4v) is 2.11. The van der Waals surface area contributed by atoms with Crippen LogP contribution in [0.2, 0.25) is 5.02 Å². The van der Waals surface area contributed by atoms with Crippen molar-refractivity contribution in [2.75, 3.05) is 13.7 Å². The maximum atomic E-state index is 6.21. The maximum absolute atomic E-state index is 6.21. The molecule has 0 aliphatic carbocycles. The van der Waals surface area contributed by atoms with Crippen LogP contribution in [0.15, 0.2) is 18.2 Å². The van der Waals surface area contributed by atoms with Crippen molar-refractivity contribution in [3.8, 4) is 5.75 Å². The highest BCUT2D eigenvalue weighted by Crippen LogP contribution is 2.29. The van der Waals surface area contributed by atoms with Crippen LogP contribution in [0.1, 0.15) is 32.3 Å². The molecule has 96 valence electrons. The van der Waals surface area contributed by atoms with Crippen LogP contribution < -0.4 is 10.5 Å². The smallest absolute Gasteiger partial charge is 0.120 e. The lowest BCUT2D eigenvalue weighted by Crippen LogP contribution is -2.17. The fraction of sp³-hybridized carbons (Fsp3) is 0.571. The summed E-state index contributed by atoms with van der Waals surface area (Å²) < 4.78 is 5.13. The topological polar surface area (TPSA) is 35.2 Å². The standard InChI is InChI=1S/C14H22ClNO/c1-14(2,8-9-16)7-6-11-4-5-12(17-3)10-13(11)15/h4-5,10H,6-9,16H2,1-3H3. The molecular formula is C14H22ClNO. The summed E-state index contributed by atoms with van der Waals surface area (Å²) in [6, 6.07) is 5.86. The highest BCUT2D eigenvalue weighted by molar-refractivity contribution is 6.31. The quantitative estimate of drug-likeness (QED) is 0.842. The summed E-state index contributed by atoms with van der Waals surface area (Å²) in [5.41, 5.74) is 7.06. The van der Waals surface area contributed by atoms with Gasteiger partial charge in [0.25, 0.3) is 0 Å². The molecule has 0 aliphatic rings. The van der Waals surface area contributed by atoms with Gasteiger partial charge in [-0.2, -0.15) is 0 Å². The molecule has 0 saturated heterocycles. The third-order valence-corrected chi connectivity index (χ3v) is 3.50. The van der Waals surface area contributed by atoms with Gasteiger partial charge in [-0.3, -0.25) is 0 Å². The zero-order chi connectivity index (χ0) is 12.9. The minimum atomic E-state index is 0.276. The average molecular weight is 256 g/mol. The van der Waals surface area contributed by atoms with Crippen molar-refractivity contribution in [2.24, 2.45) is 11.1 Å². The molecule has 0 heterocycles. The van der Waals surface area contributed by atoms with E-state index >= 15 is 0 Å². The van der Waals surface area contributed by atoms with Crippen molar-refractivity contribution in [3.05, 3.63) is 28.8 Å². The van der Waals surface area contributed by atoms with E-state index in [0.29, 0.717) is 0 Å². The molecule has 2 N–H and O–H groups in total. The third-order valence-electron chi connectivity index (χ3n) is 3.15. The molecule has 1 aromatic rings. The van der Waals surface area contributed by atoms with Crippen LogP contribution in [0.3, 0.4) is 0 Å². The second-order valence-corrected chi connectivity index (χ2v) is 5.57. The first-order valence-electron chi connectivity index (χ1n) is 6.01. The first-order valence-corrected chi connectivity index (χ1v) is 6.39. The monoisotopic (exact) mass is 255 g/mol. The van der Waals surface area contributed by atoms with E-state index < -0.39 is 0 Å². The number of nitrogens with two attached hydrogens (primary N) is 1. The second-order valence-electron chi connectivity index (χ2n) is 5.16. The summed E-state index contributed by atoms with van der Waals surface area (Å²) >= 11 is 6.21. The SMILES string of the molecule is COc1ccc(CCC(C)(C)CCN)c(Cl)c1. The van der Waals surface area contributed by atoms with Crippen LogP contribution in [-0.4, -0.2) is 13.7 Å². The van der Waals surface area contributed by atoms with Crippen LogP contribution in [-0.2, 0) is 6.42 Å². The highest BCUT2D eigenvalue weighted by Gasteiger charge is 2.17. The van der Waals surface area contributed by atoms with Gasteiger partial charge in [-0.05, 0) is 48.9 Å². The number of halogens is 1. The molecule has 1 aromatic carbocycles. The van der Waals surface area contributed by atoms with E-state index in [1.807, 2.05) is 18.2 Å². The van der Waals surface area contributed by atoms with Gasteiger partial charge in [-0.25, -0.2) is 0 Å². The molecule has 0 atom stereocenters. The zero-order valence-electron chi connectivity index (χ0n) is 10.9. The van der Waals surface area contributed by atoms with Crippen LogP contribution in [0.4, 0.5) is 0 Å². The van der Waals surface area contributed by atoms with Crippen LogP contribution in [0, 0.1) is 5.41 Å². The fourth-order valence-electron chi connectivity index (χ4n) is 1.85. The van der Waals surface area contributed by atoms with Gasteiger partial charge in [0.2, 0.25) is 0 Å². The van der Waals surface area contributed by atoms with Crippen molar-refractivity contribution in [1.29, 1.82) is 0 Å². The Morgan fingerprint density at radius 2 is 2.00 bits per heavy atom. The normalized spacial score (nSPS) is 11.6. The largest absolute Gasteiger partial charge is 0.497 e. The van der Waals surface area contributed by atoms with Crippen LogP contribution in [0.5, 0.6) is 5.75 Å². The first kappa shape index (κ1) is 14.3. The minimum Gasteiger partial charge on any atom is -0.497 e. The number of benzene rings is 1. The number of methoxy groups -OCH3 is 1. The van der Waals surface area contributed by atoms with Crippen molar-refractivity contribution >= 4 is 11.6 Å². The van der Waals surface area contributed by atoms with E-state index in [2.05, 4.69) is 13.8 Å². The van der Waals surface area contributed by atoms with Crippen molar-refractivity contribution < 1.29 is 4.74 Å². The lowest BCUT2D eigenvalue weighted by atomic mass is 9.83. The Labute approximate surface area is 109 Å². The van der Waals surface area contributed by atoms with Gasteiger partial charge < -0.3 is 10.5 Å². The Morgan fingerprint density at radius 3 is 2.53 bits per heavy atom. The lowest BCUT2D eigenvalue weighted by Gasteiger charge is -2.24. The summed E-state index contributed by atoms with van der Waals surface area (Å²) in [4.78, 5) is 0. The molecular weight excluding hydrogens is 234 g/mol. The molecule has 0 radical (unpaired) electrons. The van der Waals surface area contributed by atoms with Gasteiger partial charge >= 0.3 is 0 Å². The van der Waals surface area contributed by atoms with Gasteiger partial charge in [0.15, 0.2) is 0 Å². The Bertz CT molecular complexity index is 363. The van der Waals surface area contributed by atoms with E-state index in [1.54, 1.807) is 7.11 Å². The Balaban J connectivity index is 2.63. The summed E-state index contributed by atoms with van der Waals surface area (Å²) in [5.74, 6) is 0.806. The molecule has 0 fully saturated rings. The Morgan fingerprint density at radius 1 is 1.29 bits per heavy atom. The Hall–Kier alpha value is -0.730. The summed E-state index contributed by atoms with van der Waals surface area (Å²) in [6.45, 7) is 5.23. The summed E-state index contributed by atoms with van der Waals surface area (Å²) in [6.07, 6.45) is 3.12. The van der Waals surface area contributed by atoms with E-state index in [1.165, 1.54) is 5.56 Å². The number of aryl methyl sites for hydroxylation is 1. The predicted octanol–water partition coefficient (Wildman–Crippen LogP) is 3.66. The molecule has 0 unspecified atom stereocenters. The molecule has 0 amide bonds. The molecule has 0 saturated carbocycles. The minimum absolute atomic E-state index is 0.276. The maximum Gasteiger partial charge on any atom is 0.120 e. The molecule has 17 heavy (non-hydrogen) atoms. The van der Waals surface area contributed by atoms with E-state index in [4.69, 9.17) is 22.1 Å². The van der Waals surface area contributed by atoms with Gasteiger partial charge in [0.1, 0.15) is 5.75 Å². The zero-order valence-corrected chi connectivity index (χ0v) is 11.7. The molecule has 0 aliphatic heterocycles. The van der Waals surface area contributed by atoms with E-state index in [0.717, 1.165) is 36.6 Å². The highest BCUT2D eigenvalue weighted by atomic mass is 35.5. The first-order chi connectivity index (χ1) is 7.98. The predicted molar refractivity (Wildman–Crippen MR) is 73.8 cm³/mol. The third kappa shape index (κ3) is 4.57. The molecule has 0 bridgehead atoms. The molecule has 0 aromatic heterocycles. The van der Waals surface area contributed by atoms with Gasteiger partial charge in [-0.15, -0.1) is 0 Å². The van der Waals surface area contributed by atoms with Gasteiger partial charge in [0, 0.05) is 5.02 Å². The molecule has 0 spiro atoms.